The highest BCUT2D eigenvalue weighted by Gasteiger charge is 2.07. The first kappa shape index (κ1) is 14.9. The molecule has 0 heterocycles. The van der Waals surface area contributed by atoms with Gasteiger partial charge in [-0.1, -0.05) is 49.7 Å². The van der Waals surface area contributed by atoms with Gasteiger partial charge in [0, 0.05) is 16.8 Å². The third-order valence-corrected chi connectivity index (χ3v) is 3.57. The second-order valence-electron chi connectivity index (χ2n) is 5.35. The largest absolute Gasteiger partial charge is 0.378 e. The molecule has 0 spiro atoms. The lowest BCUT2D eigenvalue weighted by Crippen LogP contribution is -2.07. The smallest absolute Gasteiger partial charge is 0.126 e. The van der Waals surface area contributed by atoms with Crippen LogP contribution in [-0.4, -0.2) is 0 Å². The molecule has 2 aromatic carbocycles. The van der Waals surface area contributed by atoms with Crippen LogP contribution in [0.1, 0.15) is 43.9 Å². The minimum Gasteiger partial charge on any atom is -0.378 e. The maximum absolute atomic E-state index is 13.3. The number of benzene rings is 2. The van der Waals surface area contributed by atoms with Gasteiger partial charge in [-0.2, -0.15) is 0 Å². The molecule has 2 rings (SSSR count). The maximum Gasteiger partial charge on any atom is 0.126 e. The predicted octanol–water partition coefficient (Wildman–Crippen LogP) is 5.78. The van der Waals surface area contributed by atoms with E-state index in [2.05, 4.69) is 43.4 Å². The number of anilines is 1. The van der Waals surface area contributed by atoms with Crippen molar-refractivity contribution in [1.29, 1.82) is 0 Å². The number of halogens is 2. The fourth-order valence-electron chi connectivity index (χ4n) is 2.14. The monoisotopic (exact) mass is 291 g/mol. The third kappa shape index (κ3) is 3.73. The summed E-state index contributed by atoms with van der Waals surface area (Å²) >= 11 is 5.86. The van der Waals surface area contributed by atoms with Crippen molar-refractivity contribution >= 4 is 17.3 Å². The highest BCUT2D eigenvalue weighted by molar-refractivity contribution is 6.30. The second kappa shape index (κ2) is 6.27. The van der Waals surface area contributed by atoms with Gasteiger partial charge < -0.3 is 5.32 Å². The zero-order valence-electron chi connectivity index (χ0n) is 12.0. The average Bonchev–Trinajstić information content (AvgIpc) is 2.37. The topological polar surface area (TPSA) is 12.0 Å². The van der Waals surface area contributed by atoms with Crippen molar-refractivity contribution in [2.75, 3.05) is 5.32 Å². The first-order valence-electron chi connectivity index (χ1n) is 6.78. The molecule has 0 aromatic heterocycles. The Hall–Kier alpha value is -1.54. The lowest BCUT2D eigenvalue weighted by molar-refractivity contribution is 0.628. The molecule has 1 N–H and O–H groups in total. The minimum absolute atomic E-state index is 0.0917. The molecule has 3 heteroatoms. The summed E-state index contributed by atoms with van der Waals surface area (Å²) in [7, 11) is 0. The van der Waals surface area contributed by atoms with Crippen molar-refractivity contribution in [3.8, 4) is 0 Å². The summed E-state index contributed by atoms with van der Waals surface area (Å²) in [4.78, 5) is 0. The van der Waals surface area contributed by atoms with Gasteiger partial charge in [0.25, 0.3) is 0 Å². The van der Waals surface area contributed by atoms with Crippen LogP contribution in [0, 0.1) is 5.82 Å². The number of hydrogen-bond acceptors (Lipinski definition) is 1. The molecule has 1 atom stereocenters. The van der Waals surface area contributed by atoms with Crippen LogP contribution in [0.25, 0.3) is 0 Å². The van der Waals surface area contributed by atoms with E-state index in [4.69, 9.17) is 11.6 Å². The maximum atomic E-state index is 13.3. The van der Waals surface area contributed by atoms with E-state index in [0.29, 0.717) is 16.6 Å². The van der Waals surface area contributed by atoms with Gasteiger partial charge in [-0.3, -0.25) is 0 Å². The van der Waals surface area contributed by atoms with E-state index in [1.807, 2.05) is 6.92 Å². The lowest BCUT2D eigenvalue weighted by Gasteiger charge is -2.17. The Morgan fingerprint density at radius 3 is 2.10 bits per heavy atom. The van der Waals surface area contributed by atoms with Crippen LogP contribution in [0.4, 0.5) is 10.1 Å². The molecule has 0 saturated heterocycles. The Labute approximate surface area is 124 Å². The number of nitrogens with one attached hydrogen (secondary N) is 1. The summed E-state index contributed by atoms with van der Waals surface area (Å²) in [6.07, 6.45) is 0. The lowest BCUT2D eigenvalue weighted by atomic mass is 9.99. The molecule has 1 unspecified atom stereocenters. The van der Waals surface area contributed by atoms with E-state index >= 15 is 0 Å². The van der Waals surface area contributed by atoms with Crippen molar-refractivity contribution < 1.29 is 4.39 Å². The van der Waals surface area contributed by atoms with Gasteiger partial charge in [0.05, 0.1) is 0 Å². The molecular weight excluding hydrogens is 273 g/mol. The van der Waals surface area contributed by atoms with Crippen molar-refractivity contribution in [3.63, 3.8) is 0 Å². The highest BCUT2D eigenvalue weighted by Crippen LogP contribution is 2.24. The van der Waals surface area contributed by atoms with Gasteiger partial charge in [-0.05, 0) is 42.2 Å². The third-order valence-electron chi connectivity index (χ3n) is 3.35. The fourth-order valence-corrected chi connectivity index (χ4v) is 2.36. The predicted molar refractivity (Wildman–Crippen MR) is 84.0 cm³/mol. The van der Waals surface area contributed by atoms with Gasteiger partial charge in [-0.15, -0.1) is 0 Å². The van der Waals surface area contributed by atoms with E-state index in [0.717, 1.165) is 5.56 Å². The molecule has 0 aliphatic rings. The summed E-state index contributed by atoms with van der Waals surface area (Å²) in [5.41, 5.74) is 3.17. The van der Waals surface area contributed by atoms with Crippen molar-refractivity contribution in [3.05, 3.63) is 64.4 Å². The van der Waals surface area contributed by atoms with Crippen LogP contribution in [-0.2, 0) is 0 Å². The van der Waals surface area contributed by atoms with Crippen LogP contribution >= 0.6 is 11.6 Å². The first-order chi connectivity index (χ1) is 9.45. The fraction of sp³-hybridized carbons (Fsp3) is 0.294. The average molecular weight is 292 g/mol. The molecule has 0 aliphatic heterocycles. The molecule has 1 nitrogen and oxygen atoms in total. The Balaban J connectivity index is 2.13. The van der Waals surface area contributed by atoms with E-state index < -0.39 is 0 Å². The summed E-state index contributed by atoms with van der Waals surface area (Å²) in [6.45, 7) is 6.39. The Morgan fingerprint density at radius 2 is 1.55 bits per heavy atom. The number of rotatable bonds is 4. The normalized spacial score (nSPS) is 12.5. The van der Waals surface area contributed by atoms with Gasteiger partial charge >= 0.3 is 0 Å². The molecule has 0 radical (unpaired) electrons. The zero-order valence-corrected chi connectivity index (χ0v) is 12.7. The molecule has 20 heavy (non-hydrogen) atoms. The highest BCUT2D eigenvalue weighted by atomic mass is 35.5. The molecule has 0 amide bonds. The summed E-state index contributed by atoms with van der Waals surface area (Å²) in [6, 6.07) is 13.0. The Kier molecular flexibility index (Phi) is 4.66. The summed E-state index contributed by atoms with van der Waals surface area (Å²) in [5.74, 6) is 0.191. The minimum atomic E-state index is -0.331. The van der Waals surface area contributed by atoms with E-state index in [1.54, 1.807) is 6.07 Å². The Bertz CT molecular complexity index is 558. The molecule has 0 saturated carbocycles. The number of hydrogen-bond donors (Lipinski definition) is 1. The van der Waals surface area contributed by atoms with Crippen molar-refractivity contribution in [2.45, 2.75) is 32.7 Å². The van der Waals surface area contributed by atoms with Gasteiger partial charge in [0.1, 0.15) is 5.82 Å². The van der Waals surface area contributed by atoms with Crippen LogP contribution in [0.3, 0.4) is 0 Å². The van der Waals surface area contributed by atoms with E-state index in [1.165, 1.54) is 17.7 Å². The molecule has 2 aromatic rings. The van der Waals surface area contributed by atoms with Crippen LogP contribution in [0.5, 0.6) is 0 Å². The molecule has 0 bridgehead atoms. The summed E-state index contributed by atoms with van der Waals surface area (Å²) in [5, 5.41) is 3.66. The van der Waals surface area contributed by atoms with E-state index in [-0.39, 0.29) is 11.9 Å². The van der Waals surface area contributed by atoms with Crippen molar-refractivity contribution in [2.24, 2.45) is 0 Å². The Morgan fingerprint density at radius 1 is 0.950 bits per heavy atom. The standard InChI is InChI=1S/C17H19ClFN/c1-11(2)13-4-6-14(7-5-13)12(3)20-17-9-15(18)8-16(19)10-17/h4-12,20H,1-3H3. The van der Waals surface area contributed by atoms with Gasteiger partial charge in [0.15, 0.2) is 0 Å². The molecule has 106 valence electrons. The van der Waals surface area contributed by atoms with Crippen LogP contribution in [0.15, 0.2) is 42.5 Å². The molecular formula is C17H19ClFN. The van der Waals surface area contributed by atoms with Crippen LogP contribution < -0.4 is 5.32 Å². The van der Waals surface area contributed by atoms with Gasteiger partial charge in [0.2, 0.25) is 0 Å². The second-order valence-corrected chi connectivity index (χ2v) is 5.78. The molecule has 0 fully saturated rings. The zero-order chi connectivity index (χ0) is 14.7. The van der Waals surface area contributed by atoms with Crippen molar-refractivity contribution in [1.82, 2.24) is 0 Å². The first-order valence-corrected chi connectivity index (χ1v) is 7.16. The van der Waals surface area contributed by atoms with E-state index in [9.17, 15) is 4.39 Å². The molecule has 0 aliphatic carbocycles. The summed E-state index contributed by atoms with van der Waals surface area (Å²) < 4.78 is 13.3. The quantitative estimate of drug-likeness (QED) is 0.753. The SMILES string of the molecule is CC(C)c1ccc(C(C)Nc2cc(F)cc(Cl)c2)cc1. The van der Waals surface area contributed by atoms with Gasteiger partial charge in [-0.25, -0.2) is 4.39 Å². The van der Waals surface area contributed by atoms with Crippen LogP contribution in [0.2, 0.25) is 5.02 Å².